The van der Waals surface area contributed by atoms with Crippen molar-refractivity contribution < 1.29 is 4.92 Å². The van der Waals surface area contributed by atoms with Gasteiger partial charge in [0, 0.05) is 12.1 Å². The number of hydrogen-bond donors (Lipinski definition) is 1. The van der Waals surface area contributed by atoms with Crippen LogP contribution in [0.4, 0.5) is 5.69 Å². The smallest absolute Gasteiger partial charge is 0.292 e. The topological polar surface area (TPSA) is 69.2 Å². The number of para-hydroxylation sites is 1. The average molecular weight is 187 g/mol. The molecule has 0 unspecified atom stereocenters. The van der Waals surface area contributed by atoms with Crippen molar-refractivity contribution in [2.24, 2.45) is 5.73 Å². The summed E-state index contributed by atoms with van der Waals surface area (Å²) in [6.07, 6.45) is 0. The first kappa shape index (κ1) is 8.96. The van der Waals surface area contributed by atoms with Gasteiger partial charge in [-0.25, -0.2) is 0 Å². The van der Waals surface area contributed by atoms with Crippen molar-refractivity contribution in [3.8, 4) is 0 Å². The summed E-state index contributed by atoms with van der Waals surface area (Å²) in [6, 6.07) is 4.69. The van der Waals surface area contributed by atoms with Crippen molar-refractivity contribution in [2.75, 3.05) is 0 Å². The molecule has 0 bridgehead atoms. The predicted molar refractivity (Wildman–Crippen MR) is 46.0 cm³/mol. The van der Waals surface area contributed by atoms with Crippen LogP contribution in [0.3, 0.4) is 0 Å². The van der Waals surface area contributed by atoms with E-state index < -0.39 is 4.92 Å². The third-order valence-electron chi connectivity index (χ3n) is 1.47. The number of halogens is 1. The maximum atomic E-state index is 10.5. The summed E-state index contributed by atoms with van der Waals surface area (Å²) in [6.45, 7) is 0.122. The first-order valence-electron chi connectivity index (χ1n) is 3.28. The second-order valence-corrected chi connectivity index (χ2v) is 2.62. The maximum absolute atomic E-state index is 10.5. The molecule has 0 fully saturated rings. The van der Waals surface area contributed by atoms with Gasteiger partial charge in [-0.3, -0.25) is 10.1 Å². The monoisotopic (exact) mass is 186 g/mol. The zero-order chi connectivity index (χ0) is 9.14. The highest BCUT2D eigenvalue weighted by molar-refractivity contribution is 6.32. The highest BCUT2D eigenvalue weighted by atomic mass is 35.5. The fourth-order valence-corrected chi connectivity index (χ4v) is 1.19. The minimum absolute atomic E-state index is 0.0957. The van der Waals surface area contributed by atoms with Crippen molar-refractivity contribution in [3.05, 3.63) is 38.9 Å². The van der Waals surface area contributed by atoms with Crippen LogP contribution in [0.5, 0.6) is 0 Å². The van der Waals surface area contributed by atoms with Gasteiger partial charge in [-0.1, -0.05) is 23.7 Å². The van der Waals surface area contributed by atoms with Crippen molar-refractivity contribution in [2.45, 2.75) is 6.54 Å². The third-order valence-corrected chi connectivity index (χ3v) is 1.78. The van der Waals surface area contributed by atoms with Gasteiger partial charge in [0.25, 0.3) is 5.69 Å². The summed E-state index contributed by atoms with van der Waals surface area (Å²) < 4.78 is 0. The molecule has 5 heteroatoms. The second-order valence-electron chi connectivity index (χ2n) is 2.21. The van der Waals surface area contributed by atoms with E-state index in [0.717, 1.165) is 0 Å². The zero-order valence-corrected chi connectivity index (χ0v) is 6.91. The molecule has 0 aromatic heterocycles. The van der Waals surface area contributed by atoms with E-state index in [-0.39, 0.29) is 17.3 Å². The number of nitrogens with two attached hydrogens (primary N) is 1. The van der Waals surface area contributed by atoms with Gasteiger partial charge in [-0.2, -0.15) is 0 Å². The van der Waals surface area contributed by atoms with Crippen LogP contribution in [0, 0.1) is 10.1 Å². The van der Waals surface area contributed by atoms with E-state index in [9.17, 15) is 10.1 Å². The lowest BCUT2D eigenvalue weighted by molar-refractivity contribution is -0.385. The highest BCUT2D eigenvalue weighted by Gasteiger charge is 2.16. The van der Waals surface area contributed by atoms with Crippen molar-refractivity contribution in [3.63, 3.8) is 0 Å². The fourth-order valence-electron chi connectivity index (χ4n) is 0.929. The molecule has 2 N–H and O–H groups in total. The van der Waals surface area contributed by atoms with Gasteiger partial charge >= 0.3 is 0 Å². The molecule has 64 valence electrons. The predicted octanol–water partition coefficient (Wildman–Crippen LogP) is 1.71. The Kier molecular flexibility index (Phi) is 2.62. The number of rotatable bonds is 2. The summed E-state index contributed by atoms with van der Waals surface area (Å²) >= 11 is 5.61. The normalized spacial score (nSPS) is 9.83. The maximum Gasteiger partial charge on any atom is 0.292 e. The zero-order valence-electron chi connectivity index (χ0n) is 6.16. The SMILES string of the molecule is NCc1cccc(Cl)c1[N+](=O)[O-]. The second kappa shape index (κ2) is 3.51. The number of hydrogen-bond acceptors (Lipinski definition) is 3. The molecule has 0 heterocycles. The lowest BCUT2D eigenvalue weighted by Crippen LogP contribution is -2.01. The van der Waals surface area contributed by atoms with Crippen LogP contribution < -0.4 is 5.73 Å². The molecular weight excluding hydrogens is 180 g/mol. The molecule has 0 amide bonds. The van der Waals surface area contributed by atoms with Crippen LogP contribution in [0.1, 0.15) is 5.56 Å². The van der Waals surface area contributed by atoms with Crippen molar-refractivity contribution in [1.29, 1.82) is 0 Å². The quantitative estimate of drug-likeness (QED) is 0.565. The molecule has 12 heavy (non-hydrogen) atoms. The van der Waals surface area contributed by atoms with Crippen LogP contribution in [0.15, 0.2) is 18.2 Å². The summed E-state index contributed by atoms with van der Waals surface area (Å²) in [5.74, 6) is 0. The van der Waals surface area contributed by atoms with E-state index in [1.54, 1.807) is 12.1 Å². The molecule has 1 rings (SSSR count). The van der Waals surface area contributed by atoms with E-state index in [1.165, 1.54) is 6.07 Å². The lowest BCUT2D eigenvalue weighted by Gasteiger charge is -1.99. The largest absolute Gasteiger partial charge is 0.326 e. The molecule has 0 radical (unpaired) electrons. The Labute approximate surface area is 74.1 Å². The summed E-state index contributed by atoms with van der Waals surface area (Å²) in [4.78, 5) is 9.94. The van der Waals surface area contributed by atoms with Gasteiger partial charge in [0.2, 0.25) is 0 Å². The molecule has 0 aliphatic carbocycles. The van der Waals surface area contributed by atoms with E-state index >= 15 is 0 Å². The van der Waals surface area contributed by atoms with E-state index in [0.29, 0.717) is 5.56 Å². The molecule has 0 atom stereocenters. The van der Waals surface area contributed by atoms with E-state index in [4.69, 9.17) is 17.3 Å². The molecule has 0 spiro atoms. The molecule has 0 saturated heterocycles. The molecule has 1 aromatic rings. The van der Waals surface area contributed by atoms with E-state index in [1.807, 2.05) is 0 Å². The molecule has 1 aromatic carbocycles. The van der Waals surface area contributed by atoms with Crippen LogP contribution in [-0.4, -0.2) is 4.92 Å². The Bertz CT molecular complexity index is 314. The van der Waals surface area contributed by atoms with Crippen LogP contribution in [0.25, 0.3) is 0 Å². The summed E-state index contributed by atoms with van der Waals surface area (Å²) in [5.41, 5.74) is 5.65. The van der Waals surface area contributed by atoms with Gasteiger partial charge in [0.05, 0.1) is 4.92 Å². The van der Waals surface area contributed by atoms with Crippen LogP contribution >= 0.6 is 11.6 Å². The van der Waals surface area contributed by atoms with Gasteiger partial charge in [-0.05, 0) is 6.07 Å². The Morgan fingerprint density at radius 3 is 2.67 bits per heavy atom. The van der Waals surface area contributed by atoms with Gasteiger partial charge in [0.1, 0.15) is 5.02 Å². The Morgan fingerprint density at radius 1 is 1.58 bits per heavy atom. The Morgan fingerprint density at radius 2 is 2.25 bits per heavy atom. The lowest BCUT2D eigenvalue weighted by atomic mass is 10.2. The molecule has 0 aliphatic rings. The number of nitro benzene ring substituents is 1. The molecule has 0 aliphatic heterocycles. The third kappa shape index (κ3) is 1.54. The van der Waals surface area contributed by atoms with Gasteiger partial charge in [0.15, 0.2) is 0 Å². The minimum atomic E-state index is -0.523. The molecule has 0 saturated carbocycles. The fraction of sp³-hybridized carbons (Fsp3) is 0.143. The van der Waals surface area contributed by atoms with Gasteiger partial charge in [-0.15, -0.1) is 0 Å². The Balaban J connectivity index is 3.29. The number of benzene rings is 1. The molecule has 4 nitrogen and oxygen atoms in total. The van der Waals surface area contributed by atoms with Crippen LogP contribution in [0.2, 0.25) is 5.02 Å². The molecular formula is C7H7ClN2O2. The first-order valence-corrected chi connectivity index (χ1v) is 3.66. The Hall–Kier alpha value is -1.13. The number of nitro groups is 1. The van der Waals surface area contributed by atoms with Gasteiger partial charge < -0.3 is 5.73 Å². The van der Waals surface area contributed by atoms with Crippen molar-refractivity contribution in [1.82, 2.24) is 0 Å². The number of nitrogens with zero attached hydrogens (tertiary/aromatic N) is 1. The van der Waals surface area contributed by atoms with E-state index in [2.05, 4.69) is 0 Å². The summed E-state index contributed by atoms with van der Waals surface area (Å²) in [7, 11) is 0. The summed E-state index contributed by atoms with van der Waals surface area (Å²) in [5, 5.41) is 10.6. The van der Waals surface area contributed by atoms with Crippen LogP contribution in [-0.2, 0) is 6.54 Å². The average Bonchev–Trinajstić information content (AvgIpc) is 2.03. The highest BCUT2D eigenvalue weighted by Crippen LogP contribution is 2.27. The van der Waals surface area contributed by atoms with Crippen molar-refractivity contribution >= 4 is 17.3 Å². The minimum Gasteiger partial charge on any atom is -0.326 e. The first-order chi connectivity index (χ1) is 5.66. The standard InChI is InChI=1S/C7H7ClN2O2/c8-6-3-1-2-5(4-9)7(6)10(11)12/h1-3H,4,9H2.